The summed E-state index contributed by atoms with van der Waals surface area (Å²) in [7, 11) is 0. The molecule has 17 heavy (non-hydrogen) atoms. The zero-order valence-electron chi connectivity index (χ0n) is 9.50. The predicted molar refractivity (Wildman–Crippen MR) is 64.0 cm³/mol. The third-order valence-electron chi connectivity index (χ3n) is 2.51. The number of rotatable bonds is 2. The minimum atomic E-state index is -0.670. The maximum absolute atomic E-state index is 13.6. The third kappa shape index (κ3) is 2.35. The monoisotopic (exact) mass is 254 g/mol. The summed E-state index contributed by atoms with van der Waals surface area (Å²) in [4.78, 5) is 5.00. The van der Waals surface area contributed by atoms with Crippen molar-refractivity contribution in [1.82, 2.24) is 4.98 Å². The van der Waals surface area contributed by atoms with Gasteiger partial charge in [0.25, 0.3) is 0 Å². The topological polar surface area (TPSA) is 38.9 Å². The number of aromatic nitrogens is 1. The number of benzene rings is 1. The fourth-order valence-corrected chi connectivity index (χ4v) is 2.68. The zero-order chi connectivity index (χ0) is 12.6. The van der Waals surface area contributed by atoms with E-state index < -0.39 is 17.7 Å². The summed E-state index contributed by atoms with van der Waals surface area (Å²) in [5.74, 6) is -0.986. The van der Waals surface area contributed by atoms with Gasteiger partial charge in [0.2, 0.25) is 0 Å². The first-order valence-electron chi connectivity index (χ1n) is 5.13. The molecule has 2 aromatic rings. The molecule has 2 N–H and O–H groups in total. The molecule has 2 rings (SSSR count). The number of nitrogens with zero attached hydrogens (tertiary/aromatic N) is 1. The van der Waals surface area contributed by atoms with E-state index in [0.29, 0.717) is 0 Å². The van der Waals surface area contributed by atoms with Crippen LogP contribution in [-0.4, -0.2) is 4.98 Å². The average molecular weight is 254 g/mol. The number of hydrogen-bond donors (Lipinski definition) is 1. The summed E-state index contributed by atoms with van der Waals surface area (Å²) >= 11 is 1.41. The molecular weight excluding hydrogens is 242 g/mol. The Kier molecular flexibility index (Phi) is 3.22. The Labute approximate surface area is 102 Å². The second-order valence-electron chi connectivity index (χ2n) is 3.83. The molecule has 90 valence electrons. The van der Waals surface area contributed by atoms with E-state index >= 15 is 0 Å². The van der Waals surface area contributed by atoms with Crippen molar-refractivity contribution in [2.24, 2.45) is 5.73 Å². The highest BCUT2D eigenvalue weighted by Gasteiger charge is 2.19. The van der Waals surface area contributed by atoms with Crippen LogP contribution in [0.5, 0.6) is 0 Å². The molecule has 0 radical (unpaired) electrons. The fraction of sp³-hybridized carbons (Fsp3) is 0.250. The van der Waals surface area contributed by atoms with Crippen molar-refractivity contribution in [1.29, 1.82) is 0 Å². The van der Waals surface area contributed by atoms with Crippen molar-refractivity contribution in [2.75, 3.05) is 0 Å². The summed E-state index contributed by atoms with van der Waals surface area (Å²) in [6, 6.07) is 2.63. The molecule has 0 amide bonds. The Bertz CT molecular complexity index is 551. The Morgan fingerprint density at radius 1 is 1.29 bits per heavy atom. The molecule has 1 unspecified atom stereocenters. The molecule has 5 heteroatoms. The van der Waals surface area contributed by atoms with Gasteiger partial charge in [-0.25, -0.2) is 13.8 Å². The lowest BCUT2D eigenvalue weighted by atomic mass is 10.0. The Morgan fingerprint density at radius 2 is 2.00 bits per heavy atom. The van der Waals surface area contributed by atoms with Crippen LogP contribution in [0.25, 0.3) is 0 Å². The maximum atomic E-state index is 13.6. The Morgan fingerprint density at radius 3 is 2.59 bits per heavy atom. The third-order valence-corrected chi connectivity index (χ3v) is 3.67. The van der Waals surface area contributed by atoms with Crippen molar-refractivity contribution in [2.45, 2.75) is 19.9 Å². The molecule has 1 aromatic carbocycles. The largest absolute Gasteiger partial charge is 0.319 e. The minimum Gasteiger partial charge on any atom is -0.319 e. The van der Waals surface area contributed by atoms with Gasteiger partial charge in [0.1, 0.15) is 11.6 Å². The van der Waals surface area contributed by atoms with Crippen molar-refractivity contribution in [3.63, 3.8) is 0 Å². The van der Waals surface area contributed by atoms with Crippen LogP contribution in [0.15, 0.2) is 18.2 Å². The molecule has 0 bridgehead atoms. The van der Waals surface area contributed by atoms with Gasteiger partial charge in [-0.2, -0.15) is 0 Å². The number of aryl methyl sites for hydroxylation is 2. The number of thiazole rings is 1. The zero-order valence-corrected chi connectivity index (χ0v) is 10.3. The molecule has 0 saturated carbocycles. The highest BCUT2D eigenvalue weighted by molar-refractivity contribution is 7.11. The number of hydrogen-bond acceptors (Lipinski definition) is 3. The quantitative estimate of drug-likeness (QED) is 0.894. The second kappa shape index (κ2) is 4.50. The van der Waals surface area contributed by atoms with Crippen LogP contribution < -0.4 is 5.73 Å². The van der Waals surface area contributed by atoms with Crippen LogP contribution in [-0.2, 0) is 0 Å². The SMILES string of the molecule is Cc1nc(C)c(C(N)c2cc(F)ccc2F)s1. The fourth-order valence-electron chi connectivity index (χ4n) is 1.73. The van der Waals surface area contributed by atoms with Gasteiger partial charge in [0, 0.05) is 10.4 Å². The lowest BCUT2D eigenvalue weighted by Crippen LogP contribution is -2.13. The molecule has 0 spiro atoms. The molecule has 0 saturated heterocycles. The predicted octanol–water partition coefficient (Wildman–Crippen LogP) is 3.09. The van der Waals surface area contributed by atoms with E-state index in [2.05, 4.69) is 4.98 Å². The minimum absolute atomic E-state index is 0.164. The number of halogens is 2. The molecule has 1 atom stereocenters. The smallest absolute Gasteiger partial charge is 0.128 e. The summed E-state index contributed by atoms with van der Waals surface area (Å²) in [5.41, 5.74) is 6.89. The Hall–Kier alpha value is -1.33. The second-order valence-corrected chi connectivity index (χ2v) is 5.06. The van der Waals surface area contributed by atoms with E-state index in [9.17, 15) is 8.78 Å². The highest BCUT2D eigenvalue weighted by atomic mass is 32.1. The molecule has 0 aliphatic carbocycles. The van der Waals surface area contributed by atoms with E-state index in [1.54, 1.807) is 0 Å². The van der Waals surface area contributed by atoms with E-state index in [-0.39, 0.29) is 5.56 Å². The van der Waals surface area contributed by atoms with E-state index in [0.717, 1.165) is 33.8 Å². The van der Waals surface area contributed by atoms with Gasteiger partial charge in [0.05, 0.1) is 16.7 Å². The van der Waals surface area contributed by atoms with Crippen LogP contribution in [0.2, 0.25) is 0 Å². The van der Waals surface area contributed by atoms with Crippen LogP contribution in [0, 0.1) is 25.5 Å². The average Bonchev–Trinajstić information content (AvgIpc) is 2.60. The molecular formula is C12H12F2N2S. The number of nitrogens with two attached hydrogens (primary N) is 1. The lowest BCUT2D eigenvalue weighted by Gasteiger charge is -2.11. The molecule has 1 aromatic heterocycles. The van der Waals surface area contributed by atoms with E-state index in [4.69, 9.17) is 5.73 Å². The molecule has 0 aliphatic heterocycles. The van der Waals surface area contributed by atoms with Gasteiger partial charge >= 0.3 is 0 Å². The van der Waals surface area contributed by atoms with Gasteiger partial charge in [-0.1, -0.05) is 0 Å². The standard InChI is InChI=1S/C12H12F2N2S/c1-6-12(17-7(2)16-6)11(15)9-5-8(13)3-4-10(9)14/h3-5,11H,15H2,1-2H3. The van der Waals surface area contributed by atoms with Crippen LogP contribution in [0.3, 0.4) is 0 Å². The van der Waals surface area contributed by atoms with E-state index in [1.807, 2.05) is 13.8 Å². The highest BCUT2D eigenvalue weighted by Crippen LogP contribution is 2.29. The summed E-state index contributed by atoms with van der Waals surface area (Å²) in [6.07, 6.45) is 0. The first-order chi connectivity index (χ1) is 7.99. The van der Waals surface area contributed by atoms with Crippen LogP contribution >= 0.6 is 11.3 Å². The van der Waals surface area contributed by atoms with Crippen molar-refractivity contribution in [3.8, 4) is 0 Å². The molecule has 0 aliphatic rings. The van der Waals surface area contributed by atoms with Crippen molar-refractivity contribution < 1.29 is 8.78 Å². The maximum Gasteiger partial charge on any atom is 0.128 e. The molecule has 2 nitrogen and oxygen atoms in total. The first-order valence-corrected chi connectivity index (χ1v) is 5.95. The molecule has 1 heterocycles. The van der Waals surface area contributed by atoms with Gasteiger partial charge in [-0.15, -0.1) is 11.3 Å². The normalized spacial score (nSPS) is 12.8. The van der Waals surface area contributed by atoms with Gasteiger partial charge in [0.15, 0.2) is 0 Å². The van der Waals surface area contributed by atoms with Crippen LogP contribution in [0.1, 0.15) is 27.2 Å². The van der Waals surface area contributed by atoms with Crippen LogP contribution in [0.4, 0.5) is 8.78 Å². The van der Waals surface area contributed by atoms with Gasteiger partial charge in [-0.05, 0) is 32.0 Å². The van der Waals surface area contributed by atoms with Crippen molar-refractivity contribution >= 4 is 11.3 Å². The van der Waals surface area contributed by atoms with Crippen molar-refractivity contribution in [3.05, 3.63) is 51.0 Å². The summed E-state index contributed by atoms with van der Waals surface area (Å²) < 4.78 is 26.7. The van der Waals surface area contributed by atoms with Gasteiger partial charge in [-0.3, -0.25) is 0 Å². The molecule has 0 fully saturated rings. The lowest BCUT2D eigenvalue weighted by molar-refractivity contribution is 0.577. The van der Waals surface area contributed by atoms with E-state index in [1.165, 1.54) is 11.3 Å². The summed E-state index contributed by atoms with van der Waals surface area (Å²) in [6.45, 7) is 3.67. The van der Waals surface area contributed by atoms with Gasteiger partial charge < -0.3 is 5.73 Å². The first kappa shape index (κ1) is 12.1. The summed E-state index contributed by atoms with van der Waals surface area (Å²) in [5, 5.41) is 0.866. The Balaban J connectivity index is 2.46.